The van der Waals surface area contributed by atoms with Gasteiger partial charge in [-0.05, 0) is 96.7 Å². The first-order valence-electron chi connectivity index (χ1n) is 20.0. The second-order valence-electron chi connectivity index (χ2n) is 16.2. The van der Waals surface area contributed by atoms with Crippen molar-refractivity contribution in [3.05, 3.63) is 193 Å². The Balaban J connectivity index is 0.835. The number of benzene rings is 9. The van der Waals surface area contributed by atoms with E-state index in [1.165, 1.54) is 66.4 Å². The molecular weight excluding hydrogens is 705 g/mol. The van der Waals surface area contributed by atoms with Crippen molar-refractivity contribution in [1.29, 1.82) is 0 Å². The third-order valence-corrected chi connectivity index (χ3v) is 12.5. The average molecular weight is 741 g/mol. The number of fused-ring (bicyclic) bond motifs is 12. The number of rotatable bonds is 4. The molecule has 0 fully saturated rings. The van der Waals surface area contributed by atoms with Crippen LogP contribution in [-0.4, -0.2) is 9.97 Å². The zero-order valence-electron chi connectivity index (χ0n) is 32.1. The van der Waals surface area contributed by atoms with Gasteiger partial charge in [0.25, 0.3) is 0 Å². The van der Waals surface area contributed by atoms with Gasteiger partial charge in [0.2, 0.25) is 0 Å². The molecule has 2 aromatic heterocycles. The van der Waals surface area contributed by atoms with Crippen molar-refractivity contribution in [2.24, 2.45) is 0 Å². The molecule has 0 atom stereocenters. The lowest BCUT2D eigenvalue weighted by Gasteiger charge is -2.22. The van der Waals surface area contributed by atoms with Crippen molar-refractivity contribution in [3.63, 3.8) is 0 Å². The first-order valence-corrected chi connectivity index (χ1v) is 20.0. The van der Waals surface area contributed by atoms with Crippen LogP contribution in [0.2, 0.25) is 0 Å². The maximum Gasteiger partial charge on any atom is 0.135 e. The van der Waals surface area contributed by atoms with Crippen LogP contribution in [0.15, 0.2) is 187 Å². The lowest BCUT2D eigenvalue weighted by Crippen LogP contribution is -2.15. The monoisotopic (exact) mass is 740 g/mol. The fraction of sp³-hybridized carbons (Fsp3) is 0.0545. The van der Waals surface area contributed by atoms with Gasteiger partial charge in [0.1, 0.15) is 11.2 Å². The van der Waals surface area contributed by atoms with Gasteiger partial charge in [-0.3, -0.25) is 4.98 Å². The molecule has 0 bridgehead atoms. The maximum atomic E-state index is 6.05. The van der Waals surface area contributed by atoms with Gasteiger partial charge in [0.15, 0.2) is 0 Å². The summed E-state index contributed by atoms with van der Waals surface area (Å²) >= 11 is 0. The molecule has 9 aromatic carbocycles. The molecule has 2 heterocycles. The molecule has 1 aliphatic rings. The lowest BCUT2D eigenvalue weighted by molar-refractivity contribution is 0.661. The molecule has 0 spiro atoms. The fourth-order valence-corrected chi connectivity index (χ4v) is 9.45. The van der Waals surface area contributed by atoms with Gasteiger partial charge in [-0.1, -0.05) is 159 Å². The van der Waals surface area contributed by atoms with Crippen LogP contribution in [0.4, 0.5) is 0 Å². The van der Waals surface area contributed by atoms with E-state index in [0.29, 0.717) is 0 Å². The molecule has 3 heteroatoms. The summed E-state index contributed by atoms with van der Waals surface area (Å²) in [6.07, 6.45) is 1.94. The Morgan fingerprint density at radius 2 is 0.828 bits per heavy atom. The predicted octanol–water partition coefficient (Wildman–Crippen LogP) is 14.8. The van der Waals surface area contributed by atoms with Crippen LogP contribution < -0.4 is 0 Å². The second kappa shape index (κ2) is 12.3. The van der Waals surface area contributed by atoms with Gasteiger partial charge >= 0.3 is 0 Å². The molecule has 0 unspecified atom stereocenters. The van der Waals surface area contributed by atoms with E-state index in [-0.39, 0.29) is 5.41 Å². The van der Waals surface area contributed by atoms with Gasteiger partial charge in [-0.2, -0.15) is 0 Å². The summed E-state index contributed by atoms with van der Waals surface area (Å²) in [5, 5.41) is 6.98. The second-order valence-corrected chi connectivity index (χ2v) is 16.2. The van der Waals surface area contributed by atoms with E-state index in [0.717, 1.165) is 55.0 Å². The number of aromatic nitrogens is 2. The topological polar surface area (TPSA) is 38.9 Å². The highest BCUT2D eigenvalue weighted by molar-refractivity contribution is 6.23. The quantitative estimate of drug-likeness (QED) is 0.169. The molecule has 0 saturated carbocycles. The zero-order valence-corrected chi connectivity index (χ0v) is 32.1. The van der Waals surface area contributed by atoms with E-state index in [1.807, 2.05) is 18.3 Å². The Bertz CT molecular complexity index is 3430. The molecule has 3 nitrogen and oxygen atoms in total. The Morgan fingerprint density at radius 3 is 1.47 bits per heavy atom. The van der Waals surface area contributed by atoms with E-state index in [9.17, 15) is 0 Å². The van der Waals surface area contributed by atoms with Crippen LogP contribution in [0.1, 0.15) is 25.0 Å². The molecular formula is C55H36N2O. The Labute approximate surface area is 335 Å². The number of hydrogen-bond acceptors (Lipinski definition) is 3. The van der Waals surface area contributed by atoms with Gasteiger partial charge in [-0.25, -0.2) is 4.98 Å². The number of hydrogen-bond donors (Lipinski definition) is 0. The van der Waals surface area contributed by atoms with Crippen LogP contribution in [0.25, 0.3) is 110 Å². The maximum absolute atomic E-state index is 6.05. The lowest BCUT2D eigenvalue weighted by atomic mass is 9.81. The predicted molar refractivity (Wildman–Crippen MR) is 241 cm³/mol. The summed E-state index contributed by atoms with van der Waals surface area (Å²) in [5.74, 6) is 0. The number of furan rings is 1. The third-order valence-electron chi connectivity index (χ3n) is 12.5. The Kier molecular flexibility index (Phi) is 6.98. The largest absolute Gasteiger partial charge is 0.456 e. The highest BCUT2D eigenvalue weighted by atomic mass is 16.3. The summed E-state index contributed by atoms with van der Waals surface area (Å²) < 4.78 is 6.05. The van der Waals surface area contributed by atoms with Gasteiger partial charge in [-0.15, -0.1) is 0 Å². The van der Waals surface area contributed by atoms with Crippen LogP contribution in [-0.2, 0) is 5.41 Å². The molecule has 0 radical (unpaired) electrons. The van der Waals surface area contributed by atoms with E-state index in [4.69, 9.17) is 14.4 Å². The van der Waals surface area contributed by atoms with Crippen molar-refractivity contribution in [2.75, 3.05) is 0 Å². The average Bonchev–Trinajstić information content (AvgIpc) is 3.77. The minimum atomic E-state index is -0.180. The molecule has 12 rings (SSSR count). The van der Waals surface area contributed by atoms with Crippen LogP contribution >= 0.6 is 0 Å². The van der Waals surface area contributed by atoms with Crippen molar-refractivity contribution in [2.45, 2.75) is 19.3 Å². The Hall–Kier alpha value is -7.36. The highest BCUT2D eigenvalue weighted by Crippen LogP contribution is 2.51. The van der Waals surface area contributed by atoms with Crippen molar-refractivity contribution < 1.29 is 4.42 Å². The third kappa shape index (κ3) is 4.93. The minimum absolute atomic E-state index is 0.180. The van der Waals surface area contributed by atoms with Crippen molar-refractivity contribution in [3.8, 4) is 55.8 Å². The summed E-state index contributed by atoms with van der Waals surface area (Å²) in [5.41, 5.74) is 18.0. The Morgan fingerprint density at radius 1 is 0.379 bits per heavy atom. The number of nitrogens with zero attached hydrogens (tertiary/aromatic N) is 2. The fourth-order valence-electron chi connectivity index (χ4n) is 9.45. The summed E-state index contributed by atoms with van der Waals surface area (Å²) in [6, 6.07) is 63.4. The van der Waals surface area contributed by atoms with E-state index >= 15 is 0 Å². The standard InChI is InChI=1S/C55H36N2O/c1-55(2)48-30-38(36-21-17-34(18-22-36)33-15-19-35(20-16-33)37-25-28-52-47(29-37)44-11-7-8-14-51(44)58-52)23-26-42(48)43-27-24-39(31-49(43)55)50-32-56-53-45-12-5-3-9-40(45)41-10-4-6-13-46(41)54(53)57-50/h3-32H,1-2H3. The summed E-state index contributed by atoms with van der Waals surface area (Å²) in [6.45, 7) is 4.69. The summed E-state index contributed by atoms with van der Waals surface area (Å²) in [7, 11) is 0. The summed E-state index contributed by atoms with van der Waals surface area (Å²) in [4.78, 5) is 10.3. The SMILES string of the molecule is CC1(C)c2cc(-c3ccc(-c4ccc(-c5ccc6oc7ccccc7c6c5)cc4)cc3)ccc2-c2ccc(-c3cnc4c5ccccc5c5ccccc5c4n3)cc21. The van der Waals surface area contributed by atoms with E-state index in [2.05, 4.69) is 178 Å². The molecule has 0 amide bonds. The van der Waals surface area contributed by atoms with Gasteiger partial charge in [0, 0.05) is 32.5 Å². The molecule has 272 valence electrons. The molecule has 1 aliphatic carbocycles. The van der Waals surface area contributed by atoms with Gasteiger partial charge < -0.3 is 4.42 Å². The van der Waals surface area contributed by atoms with Crippen molar-refractivity contribution >= 4 is 54.5 Å². The van der Waals surface area contributed by atoms with Crippen molar-refractivity contribution in [1.82, 2.24) is 9.97 Å². The first-order chi connectivity index (χ1) is 28.5. The smallest absolute Gasteiger partial charge is 0.135 e. The van der Waals surface area contributed by atoms with E-state index in [1.54, 1.807) is 0 Å². The normalized spacial score (nSPS) is 13.1. The molecule has 0 aliphatic heterocycles. The van der Waals surface area contributed by atoms with Crippen LogP contribution in [0.3, 0.4) is 0 Å². The van der Waals surface area contributed by atoms with E-state index < -0.39 is 0 Å². The van der Waals surface area contributed by atoms with Gasteiger partial charge in [0.05, 0.1) is 22.9 Å². The number of para-hydroxylation sites is 1. The zero-order chi connectivity index (χ0) is 38.5. The molecule has 11 aromatic rings. The van der Waals surface area contributed by atoms with Crippen LogP contribution in [0.5, 0.6) is 0 Å². The molecule has 0 N–H and O–H groups in total. The minimum Gasteiger partial charge on any atom is -0.456 e. The molecule has 0 saturated heterocycles. The highest BCUT2D eigenvalue weighted by Gasteiger charge is 2.36. The first kappa shape index (κ1) is 32.8. The molecule has 58 heavy (non-hydrogen) atoms. The van der Waals surface area contributed by atoms with Crippen LogP contribution in [0, 0.1) is 0 Å².